The third kappa shape index (κ3) is 6.01. The molecule has 3 aromatic rings. The zero-order chi connectivity index (χ0) is 20.6. The minimum absolute atomic E-state index is 0. The van der Waals surface area contributed by atoms with Crippen LogP contribution in [0.3, 0.4) is 0 Å². The van der Waals surface area contributed by atoms with Gasteiger partial charge in [-0.25, -0.2) is 9.38 Å². The second kappa shape index (κ2) is 11.6. The molecule has 0 radical (unpaired) electrons. The Balaban J connectivity index is 0.00000320. The Morgan fingerprint density at radius 2 is 1.87 bits per heavy atom. The fraction of sp³-hybridized carbons (Fsp3) is 0.318. The lowest BCUT2D eigenvalue weighted by atomic mass is 10.1. The van der Waals surface area contributed by atoms with Crippen molar-refractivity contribution >= 4 is 40.8 Å². The summed E-state index contributed by atoms with van der Waals surface area (Å²) >= 11 is 0. The highest BCUT2D eigenvalue weighted by atomic mass is 127. The topological polar surface area (TPSA) is 70.7 Å². The Hall–Kier alpha value is -2.49. The Bertz CT molecular complexity index is 990. The first-order valence-corrected chi connectivity index (χ1v) is 9.63. The van der Waals surface area contributed by atoms with E-state index in [1.165, 1.54) is 12.1 Å². The van der Waals surface area contributed by atoms with E-state index < -0.39 is 0 Å². The molecule has 3 rings (SSSR count). The van der Waals surface area contributed by atoms with E-state index in [1.807, 2.05) is 37.4 Å². The van der Waals surface area contributed by atoms with E-state index in [2.05, 4.69) is 20.6 Å². The number of aromatic nitrogens is 1. The van der Waals surface area contributed by atoms with E-state index in [0.29, 0.717) is 24.6 Å². The van der Waals surface area contributed by atoms with Crippen LogP contribution in [0.2, 0.25) is 0 Å². The third-order valence-electron chi connectivity index (χ3n) is 4.63. The Labute approximate surface area is 193 Å². The zero-order valence-corrected chi connectivity index (χ0v) is 19.8. The first-order valence-electron chi connectivity index (χ1n) is 9.63. The number of hydrogen-bond acceptors (Lipinski definition) is 3. The minimum Gasteiger partial charge on any atom is -0.493 e. The van der Waals surface area contributed by atoms with E-state index in [-0.39, 0.29) is 29.8 Å². The number of nitrogens with one attached hydrogen (secondary N) is 3. The van der Waals surface area contributed by atoms with Crippen molar-refractivity contribution < 1.29 is 13.9 Å². The van der Waals surface area contributed by atoms with Crippen molar-refractivity contribution in [2.24, 2.45) is 4.99 Å². The van der Waals surface area contributed by atoms with Crippen LogP contribution in [0.25, 0.3) is 10.9 Å². The highest BCUT2D eigenvalue weighted by Gasteiger charge is 2.07. The Morgan fingerprint density at radius 1 is 1.07 bits per heavy atom. The van der Waals surface area contributed by atoms with Crippen molar-refractivity contribution in [3.8, 4) is 11.5 Å². The number of nitrogens with zero attached hydrogens (tertiary/aromatic N) is 1. The summed E-state index contributed by atoms with van der Waals surface area (Å²) in [5, 5.41) is 7.65. The molecule has 0 aliphatic rings. The van der Waals surface area contributed by atoms with Gasteiger partial charge in [-0.15, -0.1) is 24.0 Å². The van der Waals surface area contributed by atoms with Gasteiger partial charge < -0.3 is 25.1 Å². The van der Waals surface area contributed by atoms with Crippen molar-refractivity contribution in [1.29, 1.82) is 0 Å². The molecule has 0 atom stereocenters. The fourth-order valence-electron chi connectivity index (χ4n) is 3.17. The zero-order valence-electron chi connectivity index (χ0n) is 17.4. The van der Waals surface area contributed by atoms with Crippen molar-refractivity contribution in [2.75, 3.05) is 27.3 Å². The average Bonchev–Trinajstić information content (AvgIpc) is 3.13. The van der Waals surface area contributed by atoms with E-state index in [1.54, 1.807) is 14.2 Å². The number of aromatic amines is 1. The molecule has 0 aliphatic carbocycles. The van der Waals surface area contributed by atoms with Crippen LogP contribution < -0.4 is 20.1 Å². The first kappa shape index (κ1) is 23.8. The van der Waals surface area contributed by atoms with Gasteiger partial charge in [-0.1, -0.05) is 6.07 Å². The highest BCUT2D eigenvalue weighted by molar-refractivity contribution is 14.0. The van der Waals surface area contributed by atoms with Crippen LogP contribution in [0.5, 0.6) is 11.5 Å². The lowest BCUT2D eigenvalue weighted by Gasteiger charge is -2.12. The second-order valence-electron chi connectivity index (χ2n) is 6.57. The van der Waals surface area contributed by atoms with Gasteiger partial charge in [0.1, 0.15) is 5.82 Å². The van der Waals surface area contributed by atoms with E-state index in [9.17, 15) is 4.39 Å². The maximum absolute atomic E-state index is 13.3. The highest BCUT2D eigenvalue weighted by Crippen LogP contribution is 2.27. The third-order valence-corrected chi connectivity index (χ3v) is 4.63. The first-order chi connectivity index (χ1) is 14.1. The van der Waals surface area contributed by atoms with Crippen LogP contribution in [0, 0.1) is 5.82 Å². The lowest BCUT2D eigenvalue weighted by molar-refractivity contribution is 0.354. The SMILES string of the molecule is CCNC(=NCc1ccc(OC)c(OC)c1)NCCc1c[nH]c2cc(F)ccc12.I. The summed E-state index contributed by atoms with van der Waals surface area (Å²) in [6, 6.07) is 10.6. The summed E-state index contributed by atoms with van der Waals surface area (Å²) in [5.74, 6) is 1.90. The molecule has 1 aromatic heterocycles. The van der Waals surface area contributed by atoms with Crippen LogP contribution in [-0.2, 0) is 13.0 Å². The summed E-state index contributed by atoms with van der Waals surface area (Å²) in [4.78, 5) is 7.77. The Morgan fingerprint density at radius 3 is 2.60 bits per heavy atom. The van der Waals surface area contributed by atoms with Crippen molar-refractivity contribution in [3.63, 3.8) is 0 Å². The molecule has 0 aliphatic heterocycles. The predicted octanol–water partition coefficient (Wildman–Crippen LogP) is 4.24. The monoisotopic (exact) mass is 526 g/mol. The second-order valence-corrected chi connectivity index (χ2v) is 6.57. The largest absolute Gasteiger partial charge is 0.493 e. The van der Waals surface area contributed by atoms with E-state index in [0.717, 1.165) is 41.0 Å². The average molecular weight is 526 g/mol. The molecule has 30 heavy (non-hydrogen) atoms. The molecule has 2 aromatic carbocycles. The van der Waals surface area contributed by atoms with Crippen LogP contribution in [0.4, 0.5) is 4.39 Å². The molecule has 0 amide bonds. The number of aliphatic imine (C=N–C) groups is 1. The van der Waals surface area contributed by atoms with Gasteiger partial charge in [-0.2, -0.15) is 0 Å². The smallest absolute Gasteiger partial charge is 0.191 e. The number of halogens is 2. The van der Waals surface area contributed by atoms with Crippen molar-refractivity contribution in [2.45, 2.75) is 19.9 Å². The quantitative estimate of drug-likeness (QED) is 0.233. The number of hydrogen-bond donors (Lipinski definition) is 3. The summed E-state index contributed by atoms with van der Waals surface area (Å²) in [7, 11) is 3.24. The van der Waals surface area contributed by atoms with Gasteiger partial charge in [0, 0.05) is 30.2 Å². The number of ether oxygens (including phenoxy) is 2. The van der Waals surface area contributed by atoms with Gasteiger partial charge >= 0.3 is 0 Å². The molecule has 162 valence electrons. The predicted molar refractivity (Wildman–Crippen MR) is 130 cm³/mol. The van der Waals surface area contributed by atoms with E-state index in [4.69, 9.17) is 9.47 Å². The Kier molecular flexibility index (Phi) is 9.22. The standard InChI is InChI=1S/C22H27FN4O2.HI/c1-4-24-22(27-13-15-5-8-20(28-2)21(11-15)29-3)25-10-9-16-14-26-19-12-17(23)6-7-18(16)19;/h5-8,11-12,14,26H,4,9-10,13H2,1-3H3,(H2,24,25,27);1H. The van der Waals surface area contributed by atoms with Gasteiger partial charge in [0.05, 0.1) is 20.8 Å². The summed E-state index contributed by atoms with van der Waals surface area (Å²) in [6.07, 6.45) is 2.73. The molecule has 0 saturated carbocycles. The van der Waals surface area contributed by atoms with Crippen molar-refractivity contribution in [1.82, 2.24) is 15.6 Å². The van der Waals surface area contributed by atoms with Gasteiger partial charge in [0.15, 0.2) is 17.5 Å². The van der Waals surface area contributed by atoms with Crippen LogP contribution in [-0.4, -0.2) is 38.3 Å². The number of H-pyrrole nitrogens is 1. The van der Waals surface area contributed by atoms with Crippen LogP contribution >= 0.6 is 24.0 Å². The number of rotatable bonds is 8. The molecule has 0 saturated heterocycles. The molecule has 8 heteroatoms. The summed E-state index contributed by atoms with van der Waals surface area (Å²) in [5.41, 5.74) is 2.98. The molecule has 0 spiro atoms. The number of benzene rings is 2. The molecule has 1 heterocycles. The molecule has 0 unspecified atom stereocenters. The van der Waals surface area contributed by atoms with Crippen LogP contribution in [0.1, 0.15) is 18.1 Å². The summed E-state index contributed by atoms with van der Waals surface area (Å²) < 4.78 is 24.0. The molecule has 6 nitrogen and oxygen atoms in total. The number of methoxy groups -OCH3 is 2. The molecule has 0 fully saturated rings. The molecular formula is C22H28FIN4O2. The van der Waals surface area contributed by atoms with Gasteiger partial charge in [-0.3, -0.25) is 0 Å². The fourth-order valence-corrected chi connectivity index (χ4v) is 3.17. The summed E-state index contributed by atoms with van der Waals surface area (Å²) in [6.45, 7) is 4.02. The van der Waals surface area contributed by atoms with Gasteiger partial charge in [0.25, 0.3) is 0 Å². The molecular weight excluding hydrogens is 498 g/mol. The lowest BCUT2D eigenvalue weighted by Crippen LogP contribution is -2.38. The maximum atomic E-state index is 13.3. The minimum atomic E-state index is -0.235. The molecule has 3 N–H and O–H groups in total. The van der Waals surface area contributed by atoms with Crippen LogP contribution in [0.15, 0.2) is 47.6 Å². The number of guanidine groups is 1. The molecule has 0 bridgehead atoms. The maximum Gasteiger partial charge on any atom is 0.191 e. The van der Waals surface area contributed by atoms with Crippen molar-refractivity contribution in [3.05, 3.63) is 59.5 Å². The normalized spacial score (nSPS) is 11.1. The number of fused-ring (bicyclic) bond motifs is 1. The van der Waals surface area contributed by atoms with Gasteiger partial charge in [0.2, 0.25) is 0 Å². The van der Waals surface area contributed by atoms with E-state index >= 15 is 0 Å². The van der Waals surface area contributed by atoms with Gasteiger partial charge in [-0.05, 0) is 54.8 Å².